The second-order valence-electron chi connectivity index (χ2n) is 4.51. The summed E-state index contributed by atoms with van der Waals surface area (Å²) in [6, 6.07) is 4.16. The maximum atomic E-state index is 10.8. The zero-order valence-electron chi connectivity index (χ0n) is 10.3. The molecule has 1 aliphatic heterocycles. The Balaban J connectivity index is 1.94. The molecule has 0 aromatic carbocycles. The maximum Gasteiger partial charge on any atom is 0.305 e. The quantitative estimate of drug-likeness (QED) is 0.916. The van der Waals surface area contributed by atoms with Crippen LogP contribution in [-0.2, 0) is 4.79 Å². The molecule has 0 amide bonds. The van der Waals surface area contributed by atoms with Crippen LogP contribution in [0.1, 0.15) is 6.42 Å². The van der Waals surface area contributed by atoms with Gasteiger partial charge in [-0.3, -0.25) is 4.79 Å². The fourth-order valence-electron chi connectivity index (χ4n) is 2.41. The van der Waals surface area contributed by atoms with E-state index in [9.17, 15) is 4.79 Å². The number of hydrogen-bond donors (Lipinski definition) is 1. The highest BCUT2D eigenvalue weighted by Gasteiger charge is 2.33. The third kappa shape index (κ3) is 2.38. The van der Waals surface area contributed by atoms with Crippen molar-refractivity contribution < 1.29 is 9.90 Å². The molecule has 1 aromatic heterocycles. The molecule has 19 heavy (non-hydrogen) atoms. The van der Waals surface area contributed by atoms with Crippen LogP contribution >= 0.6 is 11.8 Å². The molecule has 1 aromatic rings. The molecule has 2 atom stereocenters. The highest BCUT2D eigenvalue weighted by Crippen LogP contribution is 2.42. The minimum Gasteiger partial charge on any atom is -0.481 e. The third-order valence-corrected chi connectivity index (χ3v) is 4.55. The number of carbonyl (C=O) groups is 1. The summed E-state index contributed by atoms with van der Waals surface area (Å²) in [5.41, 5.74) is 0. The van der Waals surface area contributed by atoms with Crippen molar-refractivity contribution in [2.24, 2.45) is 0 Å². The summed E-state index contributed by atoms with van der Waals surface area (Å²) in [7, 11) is 0. The van der Waals surface area contributed by atoms with E-state index in [0.717, 1.165) is 10.7 Å². The van der Waals surface area contributed by atoms with Crippen LogP contribution in [0.2, 0.25) is 0 Å². The van der Waals surface area contributed by atoms with Gasteiger partial charge in [-0.2, -0.15) is 0 Å². The van der Waals surface area contributed by atoms with Gasteiger partial charge >= 0.3 is 5.97 Å². The van der Waals surface area contributed by atoms with Crippen molar-refractivity contribution in [2.75, 3.05) is 11.4 Å². The lowest BCUT2D eigenvalue weighted by molar-refractivity contribution is -0.136. The largest absolute Gasteiger partial charge is 0.481 e. The lowest BCUT2D eigenvalue weighted by Gasteiger charge is -2.40. The van der Waals surface area contributed by atoms with Gasteiger partial charge in [-0.25, -0.2) is 4.98 Å². The van der Waals surface area contributed by atoms with E-state index in [1.54, 1.807) is 18.0 Å². The SMILES string of the molecule is O=C(O)CCN1c2ncccc2SC2C=CC=CC21. The van der Waals surface area contributed by atoms with Crippen LogP contribution in [0.3, 0.4) is 0 Å². The van der Waals surface area contributed by atoms with Crippen LogP contribution in [0.5, 0.6) is 0 Å². The van der Waals surface area contributed by atoms with E-state index < -0.39 is 5.97 Å². The van der Waals surface area contributed by atoms with Gasteiger partial charge < -0.3 is 10.0 Å². The number of hydrogen-bond acceptors (Lipinski definition) is 4. The molecule has 98 valence electrons. The summed E-state index contributed by atoms with van der Waals surface area (Å²) in [6.07, 6.45) is 10.2. The Hall–Kier alpha value is -1.75. The standard InChI is InChI=1S/C14H14N2O2S/c17-13(18)7-9-16-10-4-1-2-5-11(10)19-12-6-3-8-15-14(12)16/h1-6,8,10-11H,7,9H2,(H,17,18). The molecule has 1 aliphatic carbocycles. The minimum absolute atomic E-state index is 0.126. The monoisotopic (exact) mass is 274 g/mol. The zero-order valence-corrected chi connectivity index (χ0v) is 11.1. The Morgan fingerprint density at radius 3 is 3.11 bits per heavy atom. The van der Waals surface area contributed by atoms with Crippen molar-refractivity contribution in [3.63, 3.8) is 0 Å². The van der Waals surface area contributed by atoms with Gasteiger partial charge in [-0.15, -0.1) is 11.8 Å². The number of nitrogens with zero attached hydrogens (tertiary/aromatic N) is 2. The van der Waals surface area contributed by atoms with Crippen molar-refractivity contribution in [3.8, 4) is 0 Å². The second-order valence-corrected chi connectivity index (χ2v) is 5.72. The smallest absolute Gasteiger partial charge is 0.305 e. The van der Waals surface area contributed by atoms with Crippen LogP contribution < -0.4 is 4.90 Å². The summed E-state index contributed by atoms with van der Waals surface area (Å²) in [4.78, 5) is 18.5. The highest BCUT2D eigenvalue weighted by atomic mass is 32.2. The molecule has 0 saturated heterocycles. The lowest BCUT2D eigenvalue weighted by atomic mass is 10.1. The molecular formula is C14H14N2O2S. The van der Waals surface area contributed by atoms with E-state index in [1.807, 2.05) is 24.3 Å². The minimum atomic E-state index is -0.775. The van der Waals surface area contributed by atoms with Crippen LogP contribution in [0.25, 0.3) is 0 Å². The molecule has 0 bridgehead atoms. The summed E-state index contributed by atoms with van der Waals surface area (Å²) >= 11 is 1.79. The van der Waals surface area contributed by atoms with Gasteiger partial charge in [0.25, 0.3) is 0 Å². The molecule has 2 aliphatic rings. The zero-order chi connectivity index (χ0) is 13.2. The van der Waals surface area contributed by atoms with Crippen molar-refractivity contribution in [3.05, 3.63) is 42.6 Å². The summed E-state index contributed by atoms with van der Waals surface area (Å²) < 4.78 is 0. The van der Waals surface area contributed by atoms with Crippen molar-refractivity contribution in [2.45, 2.75) is 22.6 Å². The van der Waals surface area contributed by atoms with E-state index in [2.05, 4.69) is 22.0 Å². The molecule has 3 rings (SSSR count). The molecule has 0 saturated carbocycles. The first-order valence-electron chi connectivity index (χ1n) is 6.21. The molecule has 2 unspecified atom stereocenters. The van der Waals surface area contributed by atoms with E-state index in [4.69, 9.17) is 5.11 Å². The lowest BCUT2D eigenvalue weighted by Crippen LogP contribution is -2.45. The first-order valence-corrected chi connectivity index (χ1v) is 7.09. The van der Waals surface area contributed by atoms with Crippen molar-refractivity contribution >= 4 is 23.5 Å². The van der Waals surface area contributed by atoms with E-state index in [0.29, 0.717) is 11.8 Å². The number of allylic oxidation sites excluding steroid dienone is 2. The molecule has 0 radical (unpaired) electrons. The van der Waals surface area contributed by atoms with Gasteiger partial charge in [-0.05, 0) is 12.1 Å². The topological polar surface area (TPSA) is 53.4 Å². The van der Waals surface area contributed by atoms with Crippen molar-refractivity contribution in [1.82, 2.24) is 4.98 Å². The Morgan fingerprint density at radius 2 is 2.26 bits per heavy atom. The van der Waals surface area contributed by atoms with Crippen LogP contribution in [0.4, 0.5) is 5.82 Å². The number of carboxylic acids is 1. The van der Waals surface area contributed by atoms with Gasteiger partial charge in [0.15, 0.2) is 0 Å². The first-order chi connectivity index (χ1) is 9.25. The average Bonchev–Trinajstić information content (AvgIpc) is 2.43. The number of pyridine rings is 1. The fraction of sp³-hybridized carbons (Fsp3) is 0.286. The number of fused-ring (bicyclic) bond motifs is 2. The molecule has 0 fully saturated rings. The van der Waals surface area contributed by atoms with Crippen LogP contribution in [0, 0.1) is 0 Å². The molecule has 0 spiro atoms. The highest BCUT2D eigenvalue weighted by molar-refractivity contribution is 8.00. The third-order valence-electron chi connectivity index (χ3n) is 3.27. The van der Waals surface area contributed by atoms with Gasteiger partial charge in [0.05, 0.1) is 22.6 Å². The molecule has 2 heterocycles. The normalized spacial score (nSPS) is 23.9. The van der Waals surface area contributed by atoms with Gasteiger partial charge in [0.1, 0.15) is 5.82 Å². The number of carboxylic acid groups (broad SMARTS) is 1. The fourth-order valence-corrected chi connectivity index (χ4v) is 3.69. The summed E-state index contributed by atoms with van der Waals surface area (Å²) in [5.74, 6) is 0.123. The van der Waals surface area contributed by atoms with Crippen LogP contribution in [-0.4, -0.2) is 33.9 Å². The first kappa shape index (κ1) is 12.3. The summed E-state index contributed by atoms with van der Waals surface area (Å²) in [6.45, 7) is 0.485. The Kier molecular flexibility index (Phi) is 3.29. The van der Waals surface area contributed by atoms with E-state index in [-0.39, 0.29) is 12.5 Å². The Labute approximate surface area is 115 Å². The van der Waals surface area contributed by atoms with E-state index >= 15 is 0 Å². The van der Waals surface area contributed by atoms with Crippen LogP contribution in [0.15, 0.2) is 47.5 Å². The van der Waals surface area contributed by atoms with Crippen molar-refractivity contribution in [1.29, 1.82) is 0 Å². The van der Waals surface area contributed by atoms with Gasteiger partial charge in [0.2, 0.25) is 0 Å². The Bertz CT molecular complexity index is 556. The molecule has 1 N–H and O–H groups in total. The number of aliphatic carboxylic acids is 1. The predicted molar refractivity (Wildman–Crippen MR) is 75.5 cm³/mol. The Morgan fingerprint density at radius 1 is 1.42 bits per heavy atom. The number of rotatable bonds is 3. The van der Waals surface area contributed by atoms with Gasteiger partial charge in [-0.1, -0.05) is 24.3 Å². The average molecular weight is 274 g/mol. The predicted octanol–water partition coefficient (Wildman–Crippen LogP) is 2.33. The maximum absolute atomic E-state index is 10.8. The number of anilines is 1. The number of aromatic nitrogens is 1. The van der Waals surface area contributed by atoms with E-state index in [1.165, 1.54) is 0 Å². The molecule has 4 nitrogen and oxygen atoms in total. The molecule has 5 heteroatoms. The summed E-state index contributed by atoms with van der Waals surface area (Å²) in [5, 5.41) is 9.23. The number of thioether (sulfide) groups is 1. The van der Waals surface area contributed by atoms with Gasteiger partial charge in [0, 0.05) is 12.7 Å². The molecular weight excluding hydrogens is 260 g/mol. The second kappa shape index (κ2) is 5.09.